The van der Waals surface area contributed by atoms with Crippen molar-refractivity contribution in [2.45, 2.75) is 13.3 Å². The quantitative estimate of drug-likeness (QED) is 0.659. The standard InChI is InChI=1S/C17H22N6O2/c1-3-13-6-4-5-7-14(13)20-16-15(23(24)25)17(19-12-18-16)22-10-8-21(2)9-11-22/h4-7,12H,3,8-11H2,1-2H3,(H,18,19,20). The summed E-state index contributed by atoms with van der Waals surface area (Å²) in [5.41, 5.74) is 1.84. The molecule has 1 fully saturated rings. The highest BCUT2D eigenvalue weighted by atomic mass is 16.6. The summed E-state index contributed by atoms with van der Waals surface area (Å²) in [5.74, 6) is 0.611. The smallest absolute Gasteiger partial charge is 0.348 e. The number of nitrogens with one attached hydrogen (secondary N) is 1. The van der Waals surface area contributed by atoms with Crippen LogP contribution in [0.3, 0.4) is 0 Å². The van der Waals surface area contributed by atoms with Crippen LogP contribution in [-0.2, 0) is 6.42 Å². The van der Waals surface area contributed by atoms with E-state index in [0.717, 1.165) is 30.8 Å². The number of hydrogen-bond acceptors (Lipinski definition) is 7. The highest BCUT2D eigenvalue weighted by Gasteiger charge is 2.28. The second-order valence-corrected chi connectivity index (χ2v) is 6.08. The molecule has 8 heteroatoms. The number of rotatable bonds is 5. The number of benzene rings is 1. The molecule has 0 spiro atoms. The molecule has 2 heterocycles. The van der Waals surface area contributed by atoms with Crippen LogP contribution in [0, 0.1) is 10.1 Å². The fourth-order valence-electron chi connectivity index (χ4n) is 2.96. The predicted molar refractivity (Wildman–Crippen MR) is 97.5 cm³/mol. The van der Waals surface area contributed by atoms with Gasteiger partial charge in [0.05, 0.1) is 4.92 Å². The number of para-hydroxylation sites is 1. The van der Waals surface area contributed by atoms with Crippen molar-refractivity contribution in [2.75, 3.05) is 43.4 Å². The van der Waals surface area contributed by atoms with Crippen LogP contribution < -0.4 is 10.2 Å². The average Bonchev–Trinajstić information content (AvgIpc) is 2.62. The SMILES string of the molecule is CCc1ccccc1Nc1ncnc(N2CCN(C)CC2)c1[N+](=O)[O-]. The summed E-state index contributed by atoms with van der Waals surface area (Å²) in [5, 5.41) is 14.9. The van der Waals surface area contributed by atoms with Crippen molar-refractivity contribution in [1.82, 2.24) is 14.9 Å². The van der Waals surface area contributed by atoms with Crippen LogP contribution in [0.1, 0.15) is 12.5 Å². The van der Waals surface area contributed by atoms with Gasteiger partial charge in [0.15, 0.2) is 0 Å². The van der Waals surface area contributed by atoms with Gasteiger partial charge < -0.3 is 15.1 Å². The summed E-state index contributed by atoms with van der Waals surface area (Å²) >= 11 is 0. The molecule has 0 amide bonds. The van der Waals surface area contributed by atoms with E-state index in [1.165, 1.54) is 6.33 Å². The van der Waals surface area contributed by atoms with Crippen LogP contribution in [0.25, 0.3) is 0 Å². The molecule has 3 rings (SSSR count). The molecule has 1 saturated heterocycles. The highest BCUT2D eigenvalue weighted by molar-refractivity contribution is 5.75. The van der Waals surface area contributed by atoms with Gasteiger partial charge in [-0.05, 0) is 25.1 Å². The molecule has 0 radical (unpaired) electrons. The van der Waals surface area contributed by atoms with Crippen molar-refractivity contribution in [3.63, 3.8) is 0 Å². The van der Waals surface area contributed by atoms with E-state index in [2.05, 4.69) is 20.2 Å². The summed E-state index contributed by atoms with van der Waals surface area (Å²) in [6, 6.07) is 7.75. The van der Waals surface area contributed by atoms with Crippen LogP contribution in [-0.4, -0.2) is 53.0 Å². The maximum Gasteiger partial charge on any atom is 0.353 e. The van der Waals surface area contributed by atoms with E-state index in [4.69, 9.17) is 0 Å². The summed E-state index contributed by atoms with van der Waals surface area (Å²) in [6.07, 6.45) is 2.21. The first-order chi connectivity index (χ1) is 12.1. The van der Waals surface area contributed by atoms with Gasteiger partial charge in [0.2, 0.25) is 11.6 Å². The Balaban J connectivity index is 1.97. The van der Waals surface area contributed by atoms with E-state index < -0.39 is 4.92 Å². The summed E-state index contributed by atoms with van der Waals surface area (Å²) in [7, 11) is 2.04. The zero-order chi connectivity index (χ0) is 17.8. The number of anilines is 3. The van der Waals surface area contributed by atoms with Crippen LogP contribution in [0.2, 0.25) is 0 Å². The molecule has 25 heavy (non-hydrogen) atoms. The predicted octanol–water partition coefficient (Wildman–Crippen LogP) is 2.44. The van der Waals surface area contributed by atoms with E-state index in [0.29, 0.717) is 18.9 Å². The second kappa shape index (κ2) is 7.43. The zero-order valence-electron chi connectivity index (χ0n) is 14.5. The second-order valence-electron chi connectivity index (χ2n) is 6.08. The van der Waals surface area contributed by atoms with Crippen molar-refractivity contribution >= 4 is 23.0 Å². The molecule has 1 aliphatic rings. The van der Waals surface area contributed by atoms with Crippen LogP contribution >= 0.6 is 0 Å². The van der Waals surface area contributed by atoms with Crippen molar-refractivity contribution in [3.8, 4) is 0 Å². The van der Waals surface area contributed by atoms with E-state index in [-0.39, 0.29) is 11.5 Å². The minimum Gasteiger partial charge on any atom is -0.348 e. The first-order valence-corrected chi connectivity index (χ1v) is 8.38. The van der Waals surface area contributed by atoms with Gasteiger partial charge in [0, 0.05) is 31.9 Å². The number of hydrogen-bond donors (Lipinski definition) is 1. The summed E-state index contributed by atoms with van der Waals surface area (Å²) < 4.78 is 0. The Labute approximate surface area is 146 Å². The van der Waals surface area contributed by atoms with Gasteiger partial charge in [-0.15, -0.1) is 0 Å². The lowest BCUT2D eigenvalue weighted by Crippen LogP contribution is -2.45. The first kappa shape index (κ1) is 17.1. The van der Waals surface area contributed by atoms with Gasteiger partial charge in [-0.2, -0.15) is 0 Å². The van der Waals surface area contributed by atoms with Crippen molar-refractivity contribution in [2.24, 2.45) is 0 Å². The number of nitrogens with zero attached hydrogens (tertiary/aromatic N) is 5. The lowest BCUT2D eigenvalue weighted by Gasteiger charge is -2.32. The maximum absolute atomic E-state index is 11.7. The Morgan fingerprint density at radius 3 is 2.60 bits per heavy atom. The third kappa shape index (κ3) is 3.69. The Bertz CT molecular complexity index is 759. The Morgan fingerprint density at radius 2 is 1.92 bits per heavy atom. The van der Waals surface area contributed by atoms with Crippen LogP contribution in [0.15, 0.2) is 30.6 Å². The third-order valence-corrected chi connectivity index (χ3v) is 4.44. The molecule has 1 aromatic carbocycles. The van der Waals surface area contributed by atoms with Crippen molar-refractivity contribution < 1.29 is 4.92 Å². The first-order valence-electron chi connectivity index (χ1n) is 8.38. The summed E-state index contributed by atoms with van der Waals surface area (Å²) in [6.45, 7) is 5.16. The molecular formula is C17H22N6O2. The molecule has 0 saturated carbocycles. The van der Waals surface area contributed by atoms with Crippen LogP contribution in [0.5, 0.6) is 0 Å². The topological polar surface area (TPSA) is 87.4 Å². The van der Waals surface area contributed by atoms with Gasteiger partial charge >= 0.3 is 5.69 Å². The van der Waals surface area contributed by atoms with E-state index in [1.807, 2.05) is 43.1 Å². The maximum atomic E-state index is 11.7. The zero-order valence-corrected chi connectivity index (χ0v) is 14.5. The number of aromatic nitrogens is 2. The van der Waals surface area contributed by atoms with E-state index >= 15 is 0 Å². The molecule has 0 aliphatic carbocycles. The average molecular weight is 342 g/mol. The Morgan fingerprint density at radius 1 is 1.20 bits per heavy atom. The van der Waals surface area contributed by atoms with Gasteiger partial charge in [-0.25, -0.2) is 9.97 Å². The molecule has 2 aromatic rings. The van der Waals surface area contributed by atoms with Gasteiger partial charge in [0.1, 0.15) is 6.33 Å². The Kier molecular flexibility index (Phi) is 5.08. The van der Waals surface area contributed by atoms with E-state index in [1.54, 1.807) is 0 Å². The van der Waals surface area contributed by atoms with Gasteiger partial charge in [-0.1, -0.05) is 25.1 Å². The molecule has 132 valence electrons. The van der Waals surface area contributed by atoms with Gasteiger partial charge in [-0.3, -0.25) is 10.1 Å². The molecule has 0 bridgehead atoms. The minimum atomic E-state index is -0.398. The monoisotopic (exact) mass is 342 g/mol. The normalized spacial score (nSPS) is 15.2. The number of likely N-dealkylation sites (N-methyl/N-ethyl adjacent to an activating group) is 1. The van der Waals surface area contributed by atoms with Crippen molar-refractivity contribution in [3.05, 3.63) is 46.3 Å². The molecule has 1 N–H and O–H groups in total. The molecule has 0 atom stereocenters. The molecule has 0 unspecified atom stereocenters. The fraction of sp³-hybridized carbons (Fsp3) is 0.412. The summed E-state index contributed by atoms with van der Waals surface area (Å²) in [4.78, 5) is 23.8. The molecule has 8 nitrogen and oxygen atoms in total. The van der Waals surface area contributed by atoms with E-state index in [9.17, 15) is 10.1 Å². The lowest BCUT2D eigenvalue weighted by atomic mass is 10.1. The Hall–Kier alpha value is -2.74. The number of nitro groups is 1. The lowest BCUT2D eigenvalue weighted by molar-refractivity contribution is -0.383. The third-order valence-electron chi connectivity index (χ3n) is 4.44. The highest BCUT2D eigenvalue weighted by Crippen LogP contribution is 2.34. The van der Waals surface area contributed by atoms with Crippen molar-refractivity contribution in [1.29, 1.82) is 0 Å². The molecule has 1 aliphatic heterocycles. The largest absolute Gasteiger partial charge is 0.353 e. The molecular weight excluding hydrogens is 320 g/mol. The minimum absolute atomic E-state index is 0.0713. The number of aryl methyl sites for hydroxylation is 1. The fourth-order valence-corrected chi connectivity index (χ4v) is 2.96. The van der Waals surface area contributed by atoms with Gasteiger partial charge in [0.25, 0.3) is 0 Å². The molecule has 1 aromatic heterocycles. The number of piperazine rings is 1. The van der Waals surface area contributed by atoms with Crippen LogP contribution in [0.4, 0.5) is 23.0 Å².